The van der Waals surface area contributed by atoms with Crippen LogP contribution in [0.3, 0.4) is 0 Å². The lowest BCUT2D eigenvalue weighted by molar-refractivity contribution is -0.117. The number of nitrogens with two attached hydrogens (primary N) is 1. The fourth-order valence-corrected chi connectivity index (χ4v) is 4.17. The number of nitrogens with one attached hydrogen (secondary N) is 2. The van der Waals surface area contributed by atoms with E-state index in [-0.39, 0.29) is 29.3 Å². The molecule has 170 valence electrons. The summed E-state index contributed by atoms with van der Waals surface area (Å²) in [4.78, 5) is 26.4. The van der Waals surface area contributed by atoms with E-state index < -0.39 is 10.0 Å². The van der Waals surface area contributed by atoms with Gasteiger partial charge in [-0.05, 0) is 36.2 Å². The number of amides is 3. The molecule has 1 unspecified atom stereocenters. The fourth-order valence-electron chi connectivity index (χ4n) is 3.66. The largest absolute Gasteiger partial charge is 0.486 e. The van der Waals surface area contributed by atoms with Gasteiger partial charge in [0.2, 0.25) is 15.9 Å². The van der Waals surface area contributed by atoms with Crippen LogP contribution in [0.25, 0.3) is 0 Å². The number of fused-ring (bicyclic) bond motifs is 1. The Balaban J connectivity index is 1.26. The highest BCUT2D eigenvalue weighted by Gasteiger charge is 2.32. The third-order valence-electron chi connectivity index (χ3n) is 5.25. The Morgan fingerprint density at radius 2 is 1.81 bits per heavy atom. The smallest absolute Gasteiger partial charge is 0.315 e. The van der Waals surface area contributed by atoms with Crippen LogP contribution >= 0.6 is 0 Å². The van der Waals surface area contributed by atoms with Crippen molar-refractivity contribution in [2.24, 2.45) is 5.14 Å². The van der Waals surface area contributed by atoms with E-state index in [1.54, 1.807) is 35.2 Å². The van der Waals surface area contributed by atoms with Gasteiger partial charge in [-0.2, -0.15) is 0 Å². The van der Waals surface area contributed by atoms with Gasteiger partial charge in [-0.3, -0.25) is 4.79 Å². The zero-order valence-electron chi connectivity index (χ0n) is 17.2. The van der Waals surface area contributed by atoms with Crippen molar-refractivity contribution in [3.05, 3.63) is 48.0 Å². The van der Waals surface area contributed by atoms with E-state index in [4.69, 9.17) is 14.6 Å². The first-order valence-corrected chi connectivity index (χ1v) is 11.7. The van der Waals surface area contributed by atoms with Crippen LogP contribution < -0.4 is 30.1 Å². The van der Waals surface area contributed by atoms with Crippen molar-refractivity contribution in [3.8, 4) is 11.5 Å². The lowest BCUT2D eigenvalue weighted by atomic mass is 10.1. The Hall–Kier alpha value is -3.31. The lowest BCUT2D eigenvalue weighted by Crippen LogP contribution is -2.43. The number of anilines is 1. The van der Waals surface area contributed by atoms with Crippen molar-refractivity contribution in [3.63, 3.8) is 0 Å². The quantitative estimate of drug-likeness (QED) is 0.581. The Morgan fingerprint density at radius 1 is 1.09 bits per heavy atom. The molecule has 0 spiro atoms. The average Bonchev–Trinajstić information content (AvgIpc) is 3.13. The molecule has 10 nitrogen and oxygen atoms in total. The molecule has 0 saturated carbocycles. The zero-order valence-corrected chi connectivity index (χ0v) is 18.1. The second-order valence-electron chi connectivity index (χ2n) is 7.57. The van der Waals surface area contributed by atoms with E-state index >= 15 is 0 Å². The van der Waals surface area contributed by atoms with Crippen molar-refractivity contribution in [2.75, 3.05) is 31.2 Å². The van der Waals surface area contributed by atoms with E-state index in [0.717, 1.165) is 5.56 Å². The lowest BCUT2D eigenvalue weighted by Gasteiger charge is -2.22. The van der Waals surface area contributed by atoms with Gasteiger partial charge >= 0.3 is 6.03 Å². The molecule has 0 aromatic heterocycles. The summed E-state index contributed by atoms with van der Waals surface area (Å²) in [6, 6.07) is 10.8. The number of benzene rings is 2. The number of carbonyl (C=O) groups is 2. The van der Waals surface area contributed by atoms with Crippen LogP contribution in [0.2, 0.25) is 0 Å². The molecular formula is C21H24N4O6S. The summed E-state index contributed by atoms with van der Waals surface area (Å²) >= 11 is 0. The second-order valence-corrected chi connectivity index (χ2v) is 9.13. The first-order chi connectivity index (χ1) is 15.3. The molecule has 2 aliphatic heterocycles. The predicted octanol–water partition coefficient (Wildman–Crippen LogP) is 0.752. The minimum Gasteiger partial charge on any atom is -0.486 e. The predicted molar refractivity (Wildman–Crippen MR) is 116 cm³/mol. The minimum atomic E-state index is -3.73. The number of primary sulfonamides is 1. The summed E-state index contributed by atoms with van der Waals surface area (Å²) < 4.78 is 33.7. The summed E-state index contributed by atoms with van der Waals surface area (Å²) in [5, 5.41) is 10.7. The molecule has 3 amide bonds. The molecule has 1 saturated heterocycles. The first-order valence-electron chi connectivity index (χ1n) is 10.2. The van der Waals surface area contributed by atoms with E-state index in [0.29, 0.717) is 49.9 Å². The Morgan fingerprint density at radius 3 is 2.53 bits per heavy atom. The van der Waals surface area contributed by atoms with Gasteiger partial charge < -0.3 is 25.0 Å². The maximum atomic E-state index is 12.5. The number of carbonyl (C=O) groups excluding carboxylic acids is 2. The fraction of sp³-hybridized carbons (Fsp3) is 0.333. The molecule has 0 radical (unpaired) electrons. The normalized spacial score (nSPS) is 17.8. The average molecular weight is 461 g/mol. The summed E-state index contributed by atoms with van der Waals surface area (Å²) in [6.45, 7) is 1.68. The molecule has 2 aromatic carbocycles. The van der Waals surface area contributed by atoms with Gasteiger partial charge in [-0.1, -0.05) is 12.1 Å². The molecule has 1 fully saturated rings. The molecule has 32 heavy (non-hydrogen) atoms. The Kier molecular flexibility index (Phi) is 6.19. The van der Waals surface area contributed by atoms with Crippen molar-refractivity contribution >= 4 is 27.6 Å². The number of ether oxygens (including phenoxy) is 2. The number of rotatable bonds is 6. The highest BCUT2D eigenvalue weighted by molar-refractivity contribution is 7.89. The summed E-state index contributed by atoms with van der Waals surface area (Å²) in [6.07, 6.45) is 0.724. The number of hydrogen-bond donors (Lipinski definition) is 3. The summed E-state index contributed by atoms with van der Waals surface area (Å²) in [5.41, 5.74) is 1.56. The van der Waals surface area contributed by atoms with Gasteiger partial charge in [-0.15, -0.1) is 0 Å². The van der Waals surface area contributed by atoms with Gasteiger partial charge in [0.15, 0.2) is 11.5 Å². The molecular weight excluding hydrogens is 436 g/mol. The van der Waals surface area contributed by atoms with Crippen LogP contribution in [0.15, 0.2) is 47.4 Å². The molecule has 0 bridgehead atoms. The molecule has 11 heteroatoms. The van der Waals surface area contributed by atoms with Gasteiger partial charge in [0, 0.05) is 31.3 Å². The summed E-state index contributed by atoms with van der Waals surface area (Å²) in [5.74, 6) is 1.18. The topological polar surface area (TPSA) is 140 Å². The molecule has 2 heterocycles. The number of nitrogens with zero attached hydrogens (tertiary/aromatic N) is 1. The number of sulfonamides is 1. The van der Waals surface area contributed by atoms with Crippen molar-refractivity contribution in [1.29, 1.82) is 0 Å². The third kappa shape index (κ3) is 5.11. The minimum absolute atomic E-state index is 0.0421. The van der Waals surface area contributed by atoms with E-state index in [1.165, 1.54) is 12.1 Å². The van der Waals surface area contributed by atoms with E-state index in [2.05, 4.69) is 10.6 Å². The summed E-state index contributed by atoms with van der Waals surface area (Å²) in [7, 11) is -3.73. The second kappa shape index (κ2) is 9.05. The Labute approximate surface area is 185 Å². The number of urea groups is 1. The molecule has 0 aliphatic carbocycles. The van der Waals surface area contributed by atoms with Crippen molar-refractivity contribution in [1.82, 2.24) is 10.6 Å². The van der Waals surface area contributed by atoms with E-state index in [1.807, 2.05) is 0 Å². The van der Waals surface area contributed by atoms with Crippen LogP contribution in [-0.4, -0.2) is 52.7 Å². The van der Waals surface area contributed by atoms with Gasteiger partial charge in [0.05, 0.1) is 10.9 Å². The maximum Gasteiger partial charge on any atom is 0.315 e. The molecule has 4 rings (SSSR count). The van der Waals surface area contributed by atoms with Crippen LogP contribution in [-0.2, 0) is 21.2 Å². The van der Waals surface area contributed by atoms with Gasteiger partial charge in [0.25, 0.3) is 0 Å². The molecule has 1 atom stereocenters. The van der Waals surface area contributed by atoms with Gasteiger partial charge in [0.1, 0.15) is 13.2 Å². The number of hydrogen-bond acceptors (Lipinski definition) is 6. The molecule has 4 N–H and O–H groups in total. The maximum absolute atomic E-state index is 12.5. The zero-order chi connectivity index (χ0) is 22.7. The first kappa shape index (κ1) is 21.9. The third-order valence-corrected chi connectivity index (χ3v) is 6.18. The van der Waals surface area contributed by atoms with Crippen LogP contribution in [0.4, 0.5) is 10.5 Å². The Bertz CT molecular complexity index is 1120. The standard InChI is InChI=1S/C21H24N4O6S/c22-32(28,29)17-4-1-14(2-5-17)7-8-23-21(27)24-15-11-20(26)25(13-15)16-3-6-18-19(12-16)31-10-9-30-18/h1-6,12,15H,7-11,13H2,(H2,22,28,29)(H2,23,24,27). The van der Waals surface area contributed by atoms with Gasteiger partial charge in [-0.25, -0.2) is 18.4 Å². The van der Waals surface area contributed by atoms with Crippen LogP contribution in [0.1, 0.15) is 12.0 Å². The SMILES string of the molecule is NS(=O)(=O)c1ccc(CCNC(=O)NC2CC(=O)N(c3ccc4c(c3)OCCO4)C2)cc1. The van der Waals surface area contributed by atoms with Crippen molar-refractivity contribution in [2.45, 2.75) is 23.8 Å². The van der Waals surface area contributed by atoms with E-state index in [9.17, 15) is 18.0 Å². The molecule has 2 aliphatic rings. The highest BCUT2D eigenvalue weighted by Crippen LogP contribution is 2.35. The van der Waals surface area contributed by atoms with Crippen LogP contribution in [0, 0.1) is 0 Å². The van der Waals surface area contributed by atoms with Crippen LogP contribution in [0.5, 0.6) is 11.5 Å². The highest BCUT2D eigenvalue weighted by atomic mass is 32.2. The van der Waals surface area contributed by atoms with Crippen molar-refractivity contribution < 1.29 is 27.5 Å². The monoisotopic (exact) mass is 460 g/mol. The molecule has 2 aromatic rings.